The first-order valence-corrected chi connectivity index (χ1v) is 11.8. The van der Waals surface area contributed by atoms with Gasteiger partial charge >= 0.3 is 0 Å². The number of ether oxygens (including phenoxy) is 3. The van der Waals surface area contributed by atoms with E-state index in [9.17, 15) is 9.90 Å². The van der Waals surface area contributed by atoms with E-state index in [1.807, 2.05) is 43.0 Å². The lowest BCUT2D eigenvalue weighted by molar-refractivity contribution is 0.0495. The zero-order valence-electron chi connectivity index (χ0n) is 19.4. The number of benzene rings is 2. The third-order valence-electron chi connectivity index (χ3n) is 6.33. The predicted octanol–water partition coefficient (Wildman–Crippen LogP) is 4.30. The molecule has 2 aliphatic rings. The van der Waals surface area contributed by atoms with Crippen LogP contribution in [0.4, 0.5) is 0 Å². The van der Waals surface area contributed by atoms with E-state index in [2.05, 4.69) is 10.2 Å². The van der Waals surface area contributed by atoms with Gasteiger partial charge in [0.1, 0.15) is 17.1 Å². The van der Waals surface area contributed by atoms with Crippen LogP contribution < -0.4 is 9.47 Å². The number of carbonyl (C=O) groups excluding carboxylic acids is 1. The van der Waals surface area contributed by atoms with E-state index in [0.717, 1.165) is 24.0 Å². The third-order valence-corrected chi connectivity index (χ3v) is 6.33. The van der Waals surface area contributed by atoms with E-state index in [0.29, 0.717) is 54.8 Å². The smallest absolute Gasteiger partial charge is 0.273 e. The van der Waals surface area contributed by atoms with Crippen LogP contribution in [0, 0.1) is 0 Å². The molecule has 0 bridgehead atoms. The highest BCUT2D eigenvalue weighted by Gasteiger charge is 2.44. The first kappa shape index (κ1) is 22.3. The van der Waals surface area contributed by atoms with Gasteiger partial charge in [0.2, 0.25) is 0 Å². The highest BCUT2D eigenvalue weighted by molar-refractivity contribution is 6.00. The highest BCUT2D eigenvalue weighted by atomic mass is 16.5. The minimum absolute atomic E-state index is 0.00828. The number of carbonyl (C=O) groups is 1. The fourth-order valence-corrected chi connectivity index (χ4v) is 4.86. The van der Waals surface area contributed by atoms with Gasteiger partial charge in [-0.3, -0.25) is 9.89 Å². The van der Waals surface area contributed by atoms with Gasteiger partial charge < -0.3 is 24.2 Å². The predicted molar refractivity (Wildman–Crippen MR) is 126 cm³/mol. The average Bonchev–Trinajstić information content (AvgIpc) is 3.56. The fraction of sp³-hybridized carbons (Fsp3) is 0.385. The van der Waals surface area contributed by atoms with Crippen LogP contribution in [0.5, 0.6) is 17.2 Å². The van der Waals surface area contributed by atoms with Crippen molar-refractivity contribution in [2.24, 2.45) is 0 Å². The zero-order chi connectivity index (χ0) is 23.7. The molecule has 3 aromatic rings. The van der Waals surface area contributed by atoms with Crippen LogP contribution in [-0.4, -0.2) is 58.6 Å². The van der Waals surface area contributed by atoms with Crippen molar-refractivity contribution in [3.8, 4) is 28.5 Å². The lowest BCUT2D eigenvalue weighted by Crippen LogP contribution is -2.36. The topological polar surface area (TPSA) is 96.9 Å². The van der Waals surface area contributed by atoms with E-state index < -0.39 is 6.04 Å². The molecule has 2 aliphatic heterocycles. The molecule has 2 aromatic carbocycles. The van der Waals surface area contributed by atoms with Crippen molar-refractivity contribution in [1.29, 1.82) is 0 Å². The van der Waals surface area contributed by atoms with E-state index in [1.54, 1.807) is 18.2 Å². The number of aromatic hydroxyl groups is 1. The summed E-state index contributed by atoms with van der Waals surface area (Å²) in [5.41, 5.74) is 3.21. The summed E-state index contributed by atoms with van der Waals surface area (Å²) in [7, 11) is 0. The van der Waals surface area contributed by atoms with Crippen LogP contribution in [0.3, 0.4) is 0 Å². The summed E-state index contributed by atoms with van der Waals surface area (Å²) in [5, 5.41) is 17.9. The summed E-state index contributed by atoms with van der Waals surface area (Å²) in [6.07, 6.45) is 1.90. The number of para-hydroxylation sites is 1. The monoisotopic (exact) mass is 463 g/mol. The minimum Gasteiger partial charge on any atom is -0.507 e. The van der Waals surface area contributed by atoms with Crippen LogP contribution in [0.1, 0.15) is 54.3 Å². The van der Waals surface area contributed by atoms with Crippen LogP contribution in [0.25, 0.3) is 11.3 Å². The summed E-state index contributed by atoms with van der Waals surface area (Å²) in [6, 6.07) is 12.4. The second-order valence-electron chi connectivity index (χ2n) is 8.45. The Bertz CT molecular complexity index is 1180. The maximum Gasteiger partial charge on any atom is 0.273 e. The fourth-order valence-electron chi connectivity index (χ4n) is 4.86. The number of hydrogen-bond donors (Lipinski definition) is 2. The van der Waals surface area contributed by atoms with E-state index >= 15 is 0 Å². The number of aromatic amines is 1. The maximum atomic E-state index is 13.6. The molecule has 34 heavy (non-hydrogen) atoms. The van der Waals surface area contributed by atoms with E-state index in [4.69, 9.17) is 14.2 Å². The molecule has 8 nitrogen and oxygen atoms in total. The van der Waals surface area contributed by atoms with Crippen molar-refractivity contribution in [3.63, 3.8) is 0 Å². The first-order chi connectivity index (χ1) is 16.6. The van der Waals surface area contributed by atoms with E-state index in [-0.39, 0.29) is 17.8 Å². The number of H-pyrrole nitrogens is 1. The second-order valence-corrected chi connectivity index (χ2v) is 8.45. The van der Waals surface area contributed by atoms with Gasteiger partial charge in [-0.15, -0.1) is 0 Å². The Hall–Kier alpha value is -3.52. The molecular formula is C26H29N3O5. The normalized spacial score (nSPS) is 19.5. The number of hydrogen-bond acceptors (Lipinski definition) is 6. The number of fused-ring (bicyclic) bond motifs is 1. The molecule has 2 atom stereocenters. The van der Waals surface area contributed by atoms with Gasteiger partial charge in [-0.2, -0.15) is 5.10 Å². The molecule has 0 unspecified atom stereocenters. The maximum absolute atomic E-state index is 13.6. The Morgan fingerprint density at radius 2 is 1.94 bits per heavy atom. The summed E-state index contributed by atoms with van der Waals surface area (Å²) in [4.78, 5) is 15.4. The van der Waals surface area contributed by atoms with Gasteiger partial charge in [0.25, 0.3) is 5.91 Å². The number of nitrogens with zero attached hydrogens (tertiary/aromatic N) is 2. The Balaban J connectivity index is 1.64. The molecule has 1 aromatic heterocycles. The Kier molecular flexibility index (Phi) is 6.15. The number of phenols is 1. The SMILES string of the molecule is CCOc1ccc([C@@H]2c3c(-c4ccccc4O)n[nH]c3C(=O)N2C[C@@H]2CCCO2)cc1OCC. The molecule has 0 saturated carbocycles. The molecule has 5 rings (SSSR count). The van der Waals surface area contributed by atoms with Crippen LogP contribution >= 0.6 is 0 Å². The Morgan fingerprint density at radius 1 is 1.15 bits per heavy atom. The molecule has 8 heteroatoms. The lowest BCUT2D eigenvalue weighted by Gasteiger charge is -2.29. The first-order valence-electron chi connectivity index (χ1n) is 11.8. The van der Waals surface area contributed by atoms with Crippen molar-refractivity contribution in [2.45, 2.75) is 38.8 Å². The van der Waals surface area contributed by atoms with Crippen LogP contribution in [0.15, 0.2) is 42.5 Å². The van der Waals surface area contributed by atoms with Gasteiger partial charge in [-0.1, -0.05) is 18.2 Å². The summed E-state index contributed by atoms with van der Waals surface area (Å²) >= 11 is 0. The van der Waals surface area contributed by atoms with Gasteiger partial charge in [0.15, 0.2) is 11.5 Å². The molecular weight excluding hydrogens is 434 g/mol. The summed E-state index contributed by atoms with van der Waals surface area (Å²) in [5.74, 6) is 1.28. The standard InChI is InChI=1S/C26H29N3O5/c1-3-32-20-12-11-16(14-21(20)33-4-2)25-22-23(18-9-5-6-10-19(18)30)27-28-24(22)26(31)29(25)15-17-8-7-13-34-17/h5-6,9-12,14,17,25,30H,3-4,7-8,13,15H2,1-2H3,(H,27,28)/t17-,25+/m0/s1. The van der Waals surface area contributed by atoms with Crippen LogP contribution in [-0.2, 0) is 4.74 Å². The van der Waals surface area contributed by atoms with Gasteiger partial charge in [-0.25, -0.2) is 0 Å². The average molecular weight is 464 g/mol. The molecule has 3 heterocycles. The van der Waals surface area contributed by atoms with Crippen molar-refractivity contribution in [3.05, 3.63) is 59.3 Å². The highest BCUT2D eigenvalue weighted by Crippen LogP contribution is 2.46. The van der Waals surface area contributed by atoms with Crippen molar-refractivity contribution < 1.29 is 24.1 Å². The Morgan fingerprint density at radius 3 is 2.68 bits per heavy atom. The van der Waals surface area contributed by atoms with Crippen LogP contribution in [0.2, 0.25) is 0 Å². The quantitative estimate of drug-likeness (QED) is 0.517. The molecule has 0 aliphatic carbocycles. The van der Waals surface area contributed by atoms with Crippen molar-refractivity contribution in [2.75, 3.05) is 26.4 Å². The molecule has 2 N–H and O–H groups in total. The lowest BCUT2D eigenvalue weighted by atomic mass is 9.95. The molecule has 0 radical (unpaired) electrons. The largest absolute Gasteiger partial charge is 0.507 e. The molecule has 1 fully saturated rings. The third kappa shape index (κ3) is 3.88. The van der Waals surface area contributed by atoms with Crippen molar-refractivity contribution in [1.82, 2.24) is 15.1 Å². The summed E-state index contributed by atoms with van der Waals surface area (Å²) < 4.78 is 17.5. The number of phenolic OH excluding ortho intramolecular Hbond substituents is 1. The molecule has 1 saturated heterocycles. The Labute approximate surface area is 198 Å². The van der Waals surface area contributed by atoms with Gasteiger partial charge in [-0.05, 0) is 56.5 Å². The molecule has 178 valence electrons. The zero-order valence-corrected chi connectivity index (χ0v) is 19.4. The van der Waals surface area contributed by atoms with Gasteiger partial charge in [0, 0.05) is 24.3 Å². The number of amides is 1. The molecule has 0 spiro atoms. The number of nitrogens with one attached hydrogen (secondary N) is 1. The minimum atomic E-state index is -0.407. The van der Waals surface area contributed by atoms with Gasteiger partial charge in [0.05, 0.1) is 25.4 Å². The number of rotatable bonds is 8. The summed E-state index contributed by atoms with van der Waals surface area (Å²) in [6.45, 7) is 6.06. The molecule has 1 amide bonds. The second kappa shape index (κ2) is 9.38. The number of aromatic nitrogens is 2. The van der Waals surface area contributed by atoms with Crippen molar-refractivity contribution >= 4 is 5.91 Å². The van der Waals surface area contributed by atoms with E-state index in [1.165, 1.54) is 0 Å².